The number of aliphatic hydroxyl groups is 11. The average Bonchev–Trinajstić information content (AvgIpc) is 3.23. The molecule has 348 valence electrons. The van der Waals surface area contributed by atoms with E-state index in [9.17, 15) is 61.0 Å². The number of unbranched alkanes of at least 4 members (excludes halogenated alkanes) is 12. The molecule has 3 heterocycles. The number of rotatable bonds is 28. The van der Waals surface area contributed by atoms with E-state index in [-0.39, 0.29) is 18.9 Å². The molecule has 3 aliphatic heterocycles. The number of hydrogen-bond donors (Lipinski definition) is 12. The summed E-state index contributed by atoms with van der Waals surface area (Å²) in [5.74, 6) is -0.257. The van der Waals surface area contributed by atoms with Crippen molar-refractivity contribution in [2.24, 2.45) is 0 Å². The zero-order valence-electron chi connectivity index (χ0n) is 34.7. The normalized spacial score (nSPS) is 36.3. The Hall–Kier alpha value is -1.21. The molecule has 0 bridgehead atoms. The molecule has 1 amide bonds. The summed E-state index contributed by atoms with van der Waals surface area (Å²) in [4.78, 5) is 13.0. The van der Waals surface area contributed by atoms with Gasteiger partial charge in [0.25, 0.3) is 0 Å². The summed E-state index contributed by atoms with van der Waals surface area (Å²) >= 11 is 0. The maximum absolute atomic E-state index is 13.0. The van der Waals surface area contributed by atoms with Crippen molar-refractivity contribution in [1.29, 1.82) is 0 Å². The summed E-state index contributed by atoms with van der Waals surface area (Å²) in [6, 6.07) is -0.873. The number of nitrogens with one attached hydrogen (secondary N) is 1. The topological polar surface area (TPSA) is 307 Å². The van der Waals surface area contributed by atoms with Crippen LogP contribution < -0.4 is 5.32 Å². The summed E-state index contributed by atoms with van der Waals surface area (Å²) in [5, 5.41) is 119. The Balaban J connectivity index is 1.58. The van der Waals surface area contributed by atoms with E-state index in [0.29, 0.717) is 19.3 Å². The highest BCUT2D eigenvalue weighted by Gasteiger charge is 2.53. The zero-order chi connectivity index (χ0) is 43.5. The first-order valence-corrected chi connectivity index (χ1v) is 21.8. The van der Waals surface area contributed by atoms with Crippen molar-refractivity contribution >= 4 is 5.91 Å². The Kier molecular flexibility index (Phi) is 24.5. The fraction of sp³-hybridized carbons (Fsp3) is 0.975. The number of carbonyl (C=O) groups is 1. The van der Waals surface area contributed by atoms with Crippen LogP contribution in [-0.4, -0.2) is 193 Å². The van der Waals surface area contributed by atoms with Crippen LogP contribution in [0.3, 0.4) is 0 Å². The Bertz CT molecular complexity index is 1120. The van der Waals surface area contributed by atoms with E-state index >= 15 is 0 Å². The standard InChI is InChI=1S/C40H75NO18/c1-3-5-7-9-10-11-12-13-14-16-18-28(46)41-23(24(45)17-15-8-6-4-2)22-54-38-34(52)31(49)36(26(20-43)56-38)59-40-35(53)32(50)37(27(21-44)57-40)58-39-33(51)30(48)29(47)25(19-42)55-39/h23-27,29-40,42-45,47-53H,3-22H2,1-2H3,(H,41,46). The molecule has 0 aromatic heterocycles. The van der Waals surface area contributed by atoms with Crippen molar-refractivity contribution in [2.45, 2.75) is 221 Å². The minimum Gasteiger partial charge on any atom is -0.394 e. The minimum atomic E-state index is -1.96. The molecule has 17 unspecified atom stereocenters. The third-order valence-corrected chi connectivity index (χ3v) is 11.4. The molecule has 0 aromatic carbocycles. The monoisotopic (exact) mass is 857 g/mol. The molecule has 3 rings (SSSR count). The Labute approximate surface area is 347 Å². The Morgan fingerprint density at radius 1 is 0.542 bits per heavy atom. The second-order valence-corrected chi connectivity index (χ2v) is 16.2. The van der Waals surface area contributed by atoms with Crippen molar-refractivity contribution in [3.63, 3.8) is 0 Å². The predicted molar refractivity (Wildman–Crippen MR) is 208 cm³/mol. The van der Waals surface area contributed by atoms with Crippen LogP contribution in [0, 0.1) is 0 Å². The van der Waals surface area contributed by atoms with Crippen molar-refractivity contribution in [3.05, 3.63) is 0 Å². The van der Waals surface area contributed by atoms with Gasteiger partial charge in [-0.05, 0) is 12.8 Å². The highest BCUT2D eigenvalue weighted by atomic mass is 16.8. The summed E-state index contributed by atoms with van der Waals surface area (Å²) < 4.78 is 33.8. The van der Waals surface area contributed by atoms with E-state index in [4.69, 9.17) is 28.4 Å². The van der Waals surface area contributed by atoms with Gasteiger partial charge in [0, 0.05) is 6.42 Å². The average molecular weight is 858 g/mol. The molecule has 0 radical (unpaired) electrons. The molecule has 19 heteroatoms. The highest BCUT2D eigenvalue weighted by Crippen LogP contribution is 2.33. The zero-order valence-corrected chi connectivity index (χ0v) is 34.7. The maximum Gasteiger partial charge on any atom is 0.220 e. The van der Waals surface area contributed by atoms with Gasteiger partial charge in [-0.15, -0.1) is 0 Å². The Morgan fingerprint density at radius 3 is 1.47 bits per heavy atom. The number of aliphatic hydroxyl groups excluding tert-OH is 11. The second kappa shape index (κ2) is 27.8. The molecule has 0 aromatic rings. The van der Waals surface area contributed by atoms with Crippen molar-refractivity contribution in [3.8, 4) is 0 Å². The van der Waals surface area contributed by atoms with Gasteiger partial charge in [-0.2, -0.15) is 0 Å². The first-order chi connectivity index (χ1) is 28.3. The molecule has 0 aliphatic carbocycles. The maximum atomic E-state index is 13.0. The van der Waals surface area contributed by atoms with Gasteiger partial charge >= 0.3 is 0 Å². The van der Waals surface area contributed by atoms with Gasteiger partial charge in [-0.1, -0.05) is 97.3 Å². The molecule has 3 fully saturated rings. The minimum absolute atomic E-state index is 0.257. The highest BCUT2D eigenvalue weighted by molar-refractivity contribution is 5.76. The molecule has 59 heavy (non-hydrogen) atoms. The van der Waals surface area contributed by atoms with Gasteiger partial charge in [-0.25, -0.2) is 0 Å². The van der Waals surface area contributed by atoms with Crippen LogP contribution in [0.4, 0.5) is 0 Å². The number of amides is 1. The van der Waals surface area contributed by atoms with E-state index in [1.165, 1.54) is 38.5 Å². The molecule has 3 aliphatic rings. The third-order valence-electron chi connectivity index (χ3n) is 11.4. The lowest BCUT2D eigenvalue weighted by molar-refractivity contribution is -0.379. The predicted octanol–water partition coefficient (Wildman–Crippen LogP) is -1.42. The fourth-order valence-electron chi connectivity index (χ4n) is 7.66. The second-order valence-electron chi connectivity index (χ2n) is 16.2. The molecule has 0 spiro atoms. The molecule has 0 saturated carbocycles. The van der Waals surface area contributed by atoms with Crippen LogP contribution >= 0.6 is 0 Å². The summed E-state index contributed by atoms with van der Waals surface area (Å²) in [6.45, 7) is 1.57. The quantitative estimate of drug-likeness (QED) is 0.0402. The molecule has 3 saturated heterocycles. The fourth-order valence-corrected chi connectivity index (χ4v) is 7.66. The number of ether oxygens (including phenoxy) is 6. The van der Waals surface area contributed by atoms with Gasteiger partial charge in [0.15, 0.2) is 18.9 Å². The van der Waals surface area contributed by atoms with E-state index in [0.717, 1.165) is 38.5 Å². The van der Waals surface area contributed by atoms with E-state index in [2.05, 4.69) is 19.2 Å². The summed E-state index contributed by atoms with van der Waals surface area (Å²) in [6.07, 6.45) is -11.0. The first-order valence-electron chi connectivity index (χ1n) is 21.8. The Morgan fingerprint density at radius 2 is 0.966 bits per heavy atom. The lowest BCUT2D eigenvalue weighted by Crippen LogP contribution is -2.66. The molecule has 17 atom stereocenters. The smallest absolute Gasteiger partial charge is 0.220 e. The van der Waals surface area contributed by atoms with Crippen molar-refractivity contribution < 1.29 is 89.4 Å². The molecule has 12 N–H and O–H groups in total. The molecular formula is C40H75NO18. The van der Waals surface area contributed by atoms with Gasteiger partial charge < -0.3 is 89.9 Å². The van der Waals surface area contributed by atoms with Crippen LogP contribution in [0.15, 0.2) is 0 Å². The largest absolute Gasteiger partial charge is 0.394 e. The van der Waals surface area contributed by atoms with Gasteiger partial charge in [-0.3, -0.25) is 4.79 Å². The van der Waals surface area contributed by atoms with Gasteiger partial charge in [0.1, 0.15) is 73.2 Å². The molecular weight excluding hydrogens is 782 g/mol. The van der Waals surface area contributed by atoms with Crippen LogP contribution in [0.2, 0.25) is 0 Å². The SMILES string of the molecule is CCCCCCCCCCCCC(=O)NC(COC1OC(CO)C(OC2OC(CO)C(OC3OC(CO)C(O)C(O)C3O)C(O)C2O)C(O)C1O)C(O)CCCCCC. The van der Waals surface area contributed by atoms with E-state index < -0.39 is 124 Å². The number of hydrogen-bond acceptors (Lipinski definition) is 18. The lowest BCUT2D eigenvalue weighted by Gasteiger charge is -2.48. The van der Waals surface area contributed by atoms with E-state index in [1.807, 2.05) is 0 Å². The van der Waals surface area contributed by atoms with Crippen LogP contribution in [-0.2, 0) is 33.2 Å². The van der Waals surface area contributed by atoms with Gasteiger partial charge in [0.2, 0.25) is 5.91 Å². The van der Waals surface area contributed by atoms with Crippen molar-refractivity contribution in [2.75, 3.05) is 26.4 Å². The van der Waals surface area contributed by atoms with Crippen molar-refractivity contribution in [1.82, 2.24) is 5.32 Å². The van der Waals surface area contributed by atoms with Crippen LogP contribution in [0.1, 0.15) is 117 Å². The molecule has 19 nitrogen and oxygen atoms in total. The summed E-state index contributed by atoms with van der Waals surface area (Å²) in [7, 11) is 0. The van der Waals surface area contributed by atoms with Gasteiger partial charge in [0.05, 0.1) is 38.6 Å². The van der Waals surface area contributed by atoms with Crippen LogP contribution in [0.5, 0.6) is 0 Å². The lowest BCUT2D eigenvalue weighted by atomic mass is 9.96. The van der Waals surface area contributed by atoms with Crippen LogP contribution in [0.25, 0.3) is 0 Å². The first kappa shape index (κ1) is 52.1. The van der Waals surface area contributed by atoms with E-state index in [1.54, 1.807) is 0 Å². The number of carbonyl (C=O) groups excluding carboxylic acids is 1. The summed E-state index contributed by atoms with van der Waals surface area (Å²) in [5.41, 5.74) is 0. The third kappa shape index (κ3) is 15.8.